The summed E-state index contributed by atoms with van der Waals surface area (Å²) in [6.45, 7) is 6.72. The molecule has 1 atom stereocenters. The SMILES string of the molecule is CCC(C)CC1CC2(CCN(c3cc(F)ccc3OC)CC2)C1. The van der Waals surface area contributed by atoms with Crippen molar-refractivity contribution < 1.29 is 9.13 Å². The molecule has 1 aromatic rings. The van der Waals surface area contributed by atoms with E-state index in [9.17, 15) is 4.39 Å². The molecule has 2 aliphatic rings. The summed E-state index contributed by atoms with van der Waals surface area (Å²) in [5, 5.41) is 0. The Bertz CT molecular complexity index is 528. The van der Waals surface area contributed by atoms with Gasteiger partial charge in [0.2, 0.25) is 0 Å². The zero-order valence-electron chi connectivity index (χ0n) is 14.8. The Kier molecular flexibility index (Phi) is 4.84. The van der Waals surface area contributed by atoms with Crippen LogP contribution in [0.5, 0.6) is 5.75 Å². The van der Waals surface area contributed by atoms with E-state index in [1.54, 1.807) is 19.2 Å². The van der Waals surface area contributed by atoms with Crippen LogP contribution < -0.4 is 9.64 Å². The zero-order valence-corrected chi connectivity index (χ0v) is 14.8. The standard InChI is InChI=1S/C20H30FNO/c1-4-15(2)11-16-13-20(14-16)7-9-22(10-8-20)18-12-17(21)5-6-19(18)23-3/h5-6,12,15-16H,4,7-11,13-14H2,1-3H3. The quantitative estimate of drug-likeness (QED) is 0.733. The first-order valence-electron chi connectivity index (χ1n) is 9.14. The summed E-state index contributed by atoms with van der Waals surface area (Å²) in [5.74, 6) is 2.41. The van der Waals surface area contributed by atoms with Crippen LogP contribution in [0.3, 0.4) is 0 Å². The summed E-state index contributed by atoms with van der Waals surface area (Å²) in [5.41, 5.74) is 1.49. The number of nitrogens with zero attached hydrogens (tertiary/aromatic N) is 1. The molecule has 0 aromatic heterocycles. The summed E-state index contributed by atoms with van der Waals surface area (Å²) in [6, 6.07) is 4.82. The molecular formula is C20H30FNO. The fourth-order valence-corrected chi connectivity index (χ4v) is 4.61. The first-order valence-corrected chi connectivity index (χ1v) is 9.14. The minimum Gasteiger partial charge on any atom is -0.495 e. The molecule has 1 aromatic carbocycles. The van der Waals surface area contributed by atoms with Crippen LogP contribution in [0.1, 0.15) is 52.4 Å². The van der Waals surface area contributed by atoms with Gasteiger partial charge in [-0.2, -0.15) is 0 Å². The molecular weight excluding hydrogens is 289 g/mol. The molecule has 2 nitrogen and oxygen atoms in total. The number of benzene rings is 1. The second kappa shape index (κ2) is 6.70. The van der Waals surface area contributed by atoms with Crippen LogP contribution in [0, 0.1) is 23.1 Å². The smallest absolute Gasteiger partial charge is 0.142 e. The number of hydrogen-bond donors (Lipinski definition) is 0. The Morgan fingerprint density at radius 3 is 2.61 bits per heavy atom. The average molecular weight is 319 g/mol. The molecule has 0 radical (unpaired) electrons. The van der Waals surface area contributed by atoms with E-state index in [-0.39, 0.29) is 5.82 Å². The zero-order chi connectivity index (χ0) is 16.4. The normalized spacial score (nSPS) is 22.0. The third kappa shape index (κ3) is 3.49. The lowest BCUT2D eigenvalue weighted by Crippen LogP contribution is -2.47. The number of piperidine rings is 1. The fraction of sp³-hybridized carbons (Fsp3) is 0.700. The Morgan fingerprint density at radius 1 is 1.30 bits per heavy atom. The molecule has 0 bridgehead atoms. The van der Waals surface area contributed by atoms with Gasteiger partial charge in [0.15, 0.2) is 0 Å². The van der Waals surface area contributed by atoms with E-state index in [4.69, 9.17) is 4.74 Å². The van der Waals surface area contributed by atoms with Gasteiger partial charge in [0.1, 0.15) is 11.6 Å². The largest absolute Gasteiger partial charge is 0.495 e. The number of ether oxygens (including phenoxy) is 1. The highest BCUT2D eigenvalue weighted by molar-refractivity contribution is 5.59. The molecule has 1 heterocycles. The number of methoxy groups -OCH3 is 1. The van der Waals surface area contributed by atoms with Crippen LogP contribution in [0.25, 0.3) is 0 Å². The lowest BCUT2D eigenvalue weighted by molar-refractivity contribution is 0.0157. The van der Waals surface area contributed by atoms with E-state index < -0.39 is 0 Å². The lowest BCUT2D eigenvalue weighted by Gasteiger charge is -2.53. The molecule has 1 saturated carbocycles. The predicted octanol–water partition coefficient (Wildman–Crippen LogP) is 5.27. The van der Waals surface area contributed by atoms with Gasteiger partial charge in [0.25, 0.3) is 0 Å². The number of halogens is 1. The number of anilines is 1. The summed E-state index contributed by atoms with van der Waals surface area (Å²) in [7, 11) is 1.66. The van der Waals surface area contributed by atoms with Gasteiger partial charge in [-0.05, 0) is 61.5 Å². The van der Waals surface area contributed by atoms with Gasteiger partial charge in [0, 0.05) is 19.2 Å². The van der Waals surface area contributed by atoms with Crippen LogP contribution in [-0.4, -0.2) is 20.2 Å². The molecule has 1 aliphatic heterocycles. The minimum atomic E-state index is -0.182. The highest BCUT2D eigenvalue weighted by Crippen LogP contribution is 2.55. The van der Waals surface area contributed by atoms with Crippen molar-refractivity contribution in [3.05, 3.63) is 24.0 Å². The van der Waals surface area contributed by atoms with E-state index in [2.05, 4.69) is 18.7 Å². The van der Waals surface area contributed by atoms with Crippen molar-refractivity contribution in [3.8, 4) is 5.75 Å². The maximum absolute atomic E-state index is 13.6. The van der Waals surface area contributed by atoms with E-state index >= 15 is 0 Å². The van der Waals surface area contributed by atoms with Crippen molar-refractivity contribution in [2.75, 3.05) is 25.1 Å². The number of hydrogen-bond acceptors (Lipinski definition) is 2. The van der Waals surface area contributed by atoms with Crippen molar-refractivity contribution in [3.63, 3.8) is 0 Å². The maximum Gasteiger partial charge on any atom is 0.142 e. The van der Waals surface area contributed by atoms with Gasteiger partial charge in [-0.1, -0.05) is 20.3 Å². The van der Waals surface area contributed by atoms with Crippen molar-refractivity contribution in [2.45, 2.75) is 52.4 Å². The lowest BCUT2D eigenvalue weighted by atomic mass is 9.56. The molecule has 1 aliphatic carbocycles. The molecule has 128 valence electrons. The number of rotatable bonds is 5. The van der Waals surface area contributed by atoms with Crippen molar-refractivity contribution in [2.24, 2.45) is 17.3 Å². The van der Waals surface area contributed by atoms with Crippen molar-refractivity contribution in [1.29, 1.82) is 0 Å². The van der Waals surface area contributed by atoms with Crippen LogP contribution in [-0.2, 0) is 0 Å². The van der Waals surface area contributed by atoms with E-state index in [0.717, 1.165) is 36.4 Å². The molecule has 3 heteroatoms. The van der Waals surface area contributed by atoms with Gasteiger partial charge in [-0.25, -0.2) is 4.39 Å². The third-order valence-electron chi connectivity index (χ3n) is 6.18. The van der Waals surface area contributed by atoms with Gasteiger partial charge in [0.05, 0.1) is 12.8 Å². The van der Waals surface area contributed by atoms with Crippen molar-refractivity contribution in [1.82, 2.24) is 0 Å². The first-order chi connectivity index (χ1) is 11.0. The molecule has 0 N–H and O–H groups in total. The molecule has 0 amide bonds. The predicted molar refractivity (Wildman–Crippen MR) is 93.6 cm³/mol. The summed E-state index contributed by atoms with van der Waals surface area (Å²) in [4.78, 5) is 2.30. The second-order valence-corrected chi connectivity index (χ2v) is 7.83. The average Bonchev–Trinajstić information content (AvgIpc) is 2.54. The first kappa shape index (κ1) is 16.6. The van der Waals surface area contributed by atoms with Crippen LogP contribution in [0.2, 0.25) is 0 Å². The maximum atomic E-state index is 13.6. The van der Waals surface area contributed by atoms with E-state index in [1.165, 1.54) is 44.6 Å². The van der Waals surface area contributed by atoms with Gasteiger partial charge in [-0.3, -0.25) is 0 Å². The molecule has 3 rings (SSSR count). The van der Waals surface area contributed by atoms with Gasteiger partial charge < -0.3 is 9.64 Å². The molecule has 1 unspecified atom stereocenters. The molecule has 23 heavy (non-hydrogen) atoms. The molecule has 1 spiro atoms. The van der Waals surface area contributed by atoms with E-state index in [0.29, 0.717) is 5.41 Å². The van der Waals surface area contributed by atoms with Gasteiger partial charge in [-0.15, -0.1) is 0 Å². The monoisotopic (exact) mass is 319 g/mol. The second-order valence-electron chi connectivity index (χ2n) is 7.83. The summed E-state index contributed by atoms with van der Waals surface area (Å²) in [6.07, 6.45) is 8.00. The van der Waals surface area contributed by atoms with Crippen LogP contribution >= 0.6 is 0 Å². The van der Waals surface area contributed by atoms with Gasteiger partial charge >= 0.3 is 0 Å². The topological polar surface area (TPSA) is 12.5 Å². The highest BCUT2D eigenvalue weighted by atomic mass is 19.1. The van der Waals surface area contributed by atoms with Crippen molar-refractivity contribution >= 4 is 5.69 Å². The summed E-state index contributed by atoms with van der Waals surface area (Å²) >= 11 is 0. The Morgan fingerprint density at radius 2 is 2.00 bits per heavy atom. The van der Waals surface area contributed by atoms with E-state index in [1.807, 2.05) is 0 Å². The molecule has 1 saturated heterocycles. The Labute approximate surface area is 140 Å². The Balaban J connectivity index is 1.57. The Hall–Kier alpha value is -1.25. The highest BCUT2D eigenvalue weighted by Gasteiger charge is 2.45. The summed E-state index contributed by atoms with van der Waals surface area (Å²) < 4.78 is 19.0. The van der Waals surface area contributed by atoms with Crippen LogP contribution in [0.15, 0.2) is 18.2 Å². The third-order valence-corrected chi connectivity index (χ3v) is 6.18. The fourth-order valence-electron chi connectivity index (χ4n) is 4.61. The molecule has 2 fully saturated rings. The van der Waals surface area contributed by atoms with Crippen LogP contribution in [0.4, 0.5) is 10.1 Å². The minimum absolute atomic E-state index is 0.182.